The highest BCUT2D eigenvalue weighted by Gasteiger charge is 2.23. The van der Waals surface area contributed by atoms with E-state index in [0.717, 1.165) is 36.2 Å². The van der Waals surface area contributed by atoms with Crippen LogP contribution in [-0.4, -0.2) is 42.5 Å². The van der Waals surface area contributed by atoms with Gasteiger partial charge in [0, 0.05) is 19.3 Å². The largest absolute Gasteiger partial charge is 0.370 e. The molecule has 9 heteroatoms. The molecule has 1 aliphatic rings. The van der Waals surface area contributed by atoms with Crippen LogP contribution in [-0.2, 0) is 11.8 Å². The maximum absolute atomic E-state index is 13.0. The Morgan fingerprint density at radius 2 is 2.22 bits per heavy atom. The fraction of sp³-hybridized carbons (Fsp3) is 0.500. The number of amides is 1. The van der Waals surface area contributed by atoms with Gasteiger partial charge in [0.2, 0.25) is 5.95 Å². The van der Waals surface area contributed by atoms with Crippen LogP contribution in [0.5, 0.6) is 0 Å². The number of fused-ring (bicyclic) bond motifs is 1. The van der Waals surface area contributed by atoms with E-state index in [1.807, 2.05) is 33.9 Å². The Bertz CT molecular complexity index is 999. The molecule has 0 bridgehead atoms. The molecule has 0 radical (unpaired) electrons. The standard InChI is InChI=1S/C18H23N7O2/c1-9(2)12-8-11(14-10(3)24-25(4)16(14)19-12)17(26)21-18-20-15(22-23-18)13-6-5-7-27-13/h8-9,13H,5-7H2,1-4H3,(H2,20,21,22,23,26)/t13-/m0/s1. The molecule has 1 amide bonds. The fourth-order valence-corrected chi connectivity index (χ4v) is 3.38. The van der Waals surface area contributed by atoms with Crippen molar-refractivity contribution in [1.29, 1.82) is 0 Å². The van der Waals surface area contributed by atoms with Crippen LogP contribution < -0.4 is 5.32 Å². The van der Waals surface area contributed by atoms with Crippen LogP contribution in [0.4, 0.5) is 5.95 Å². The van der Waals surface area contributed by atoms with Crippen LogP contribution in [0.1, 0.15) is 66.3 Å². The highest BCUT2D eigenvalue weighted by atomic mass is 16.5. The quantitative estimate of drug-likeness (QED) is 0.731. The van der Waals surface area contributed by atoms with E-state index in [9.17, 15) is 4.79 Å². The van der Waals surface area contributed by atoms with E-state index < -0.39 is 0 Å². The number of H-pyrrole nitrogens is 1. The molecule has 0 aliphatic carbocycles. The minimum Gasteiger partial charge on any atom is -0.370 e. The third-order valence-corrected chi connectivity index (χ3v) is 4.79. The van der Waals surface area contributed by atoms with Crippen molar-refractivity contribution in [2.75, 3.05) is 11.9 Å². The van der Waals surface area contributed by atoms with Gasteiger partial charge in [-0.3, -0.25) is 19.9 Å². The molecule has 4 heterocycles. The van der Waals surface area contributed by atoms with Crippen molar-refractivity contribution in [2.24, 2.45) is 7.05 Å². The van der Waals surface area contributed by atoms with Gasteiger partial charge in [-0.1, -0.05) is 13.8 Å². The van der Waals surface area contributed by atoms with Gasteiger partial charge < -0.3 is 4.74 Å². The molecule has 2 N–H and O–H groups in total. The second-order valence-electron chi connectivity index (χ2n) is 7.16. The first-order chi connectivity index (χ1) is 12.9. The Balaban J connectivity index is 1.68. The Kier molecular flexibility index (Phi) is 4.39. The van der Waals surface area contributed by atoms with E-state index in [4.69, 9.17) is 4.74 Å². The maximum atomic E-state index is 13.0. The fourth-order valence-electron chi connectivity index (χ4n) is 3.38. The van der Waals surface area contributed by atoms with E-state index in [-0.39, 0.29) is 23.9 Å². The van der Waals surface area contributed by atoms with Gasteiger partial charge in [0.1, 0.15) is 6.10 Å². The summed E-state index contributed by atoms with van der Waals surface area (Å²) in [5, 5.41) is 14.9. The zero-order valence-electron chi connectivity index (χ0n) is 15.9. The first-order valence-electron chi connectivity index (χ1n) is 9.13. The van der Waals surface area contributed by atoms with Gasteiger partial charge in [0.05, 0.1) is 16.6 Å². The Morgan fingerprint density at radius 1 is 1.41 bits per heavy atom. The predicted octanol–water partition coefficient (Wildman–Crippen LogP) is 2.62. The third kappa shape index (κ3) is 3.18. The van der Waals surface area contributed by atoms with Crippen LogP contribution in [0.25, 0.3) is 11.0 Å². The summed E-state index contributed by atoms with van der Waals surface area (Å²) in [4.78, 5) is 22.0. The lowest BCUT2D eigenvalue weighted by Crippen LogP contribution is -2.15. The lowest BCUT2D eigenvalue weighted by molar-refractivity contribution is 0.102. The predicted molar refractivity (Wildman–Crippen MR) is 99.6 cm³/mol. The Labute approximate surface area is 156 Å². The molecular formula is C18H23N7O2. The number of nitrogens with zero attached hydrogens (tertiary/aromatic N) is 5. The third-order valence-electron chi connectivity index (χ3n) is 4.79. The maximum Gasteiger partial charge on any atom is 0.258 e. The van der Waals surface area contributed by atoms with Gasteiger partial charge in [-0.15, -0.1) is 5.10 Å². The molecule has 1 saturated heterocycles. The summed E-state index contributed by atoms with van der Waals surface area (Å²) in [5.74, 6) is 0.787. The Hall–Kier alpha value is -2.81. The molecule has 0 aromatic carbocycles. The lowest BCUT2D eigenvalue weighted by atomic mass is 10.0. The number of pyridine rings is 1. The van der Waals surface area contributed by atoms with Crippen molar-refractivity contribution in [3.05, 3.63) is 28.8 Å². The Morgan fingerprint density at radius 3 is 2.93 bits per heavy atom. The summed E-state index contributed by atoms with van der Waals surface area (Å²) >= 11 is 0. The number of nitrogens with one attached hydrogen (secondary N) is 2. The topological polar surface area (TPSA) is 111 Å². The van der Waals surface area contributed by atoms with E-state index in [1.165, 1.54) is 0 Å². The van der Waals surface area contributed by atoms with E-state index in [0.29, 0.717) is 17.0 Å². The van der Waals surface area contributed by atoms with Crippen LogP contribution >= 0.6 is 0 Å². The highest BCUT2D eigenvalue weighted by Crippen LogP contribution is 2.27. The summed E-state index contributed by atoms with van der Waals surface area (Å²) in [5.41, 5.74) is 2.82. The summed E-state index contributed by atoms with van der Waals surface area (Å²) in [7, 11) is 1.83. The molecule has 0 spiro atoms. The zero-order chi connectivity index (χ0) is 19.1. The molecule has 1 fully saturated rings. The van der Waals surface area contributed by atoms with Crippen LogP contribution in [0.2, 0.25) is 0 Å². The first kappa shape index (κ1) is 17.6. The minimum atomic E-state index is -0.279. The van der Waals surface area contributed by atoms with E-state index >= 15 is 0 Å². The van der Waals surface area contributed by atoms with Crippen LogP contribution in [0.3, 0.4) is 0 Å². The number of anilines is 1. The number of aromatic amines is 1. The average molecular weight is 369 g/mol. The number of hydrogen-bond acceptors (Lipinski definition) is 6. The van der Waals surface area contributed by atoms with Gasteiger partial charge in [-0.25, -0.2) is 4.98 Å². The first-order valence-corrected chi connectivity index (χ1v) is 9.13. The number of carbonyl (C=O) groups excluding carboxylic acids is 1. The number of ether oxygens (including phenoxy) is 1. The van der Waals surface area contributed by atoms with Crippen molar-refractivity contribution >= 4 is 22.9 Å². The molecular weight excluding hydrogens is 346 g/mol. The highest BCUT2D eigenvalue weighted by molar-refractivity contribution is 6.12. The van der Waals surface area contributed by atoms with Crippen LogP contribution in [0, 0.1) is 6.92 Å². The van der Waals surface area contributed by atoms with E-state index in [1.54, 1.807) is 4.68 Å². The van der Waals surface area contributed by atoms with Crippen molar-refractivity contribution in [3.8, 4) is 0 Å². The second kappa shape index (κ2) is 6.73. The van der Waals surface area contributed by atoms with Gasteiger partial charge in [0.25, 0.3) is 5.91 Å². The number of hydrogen-bond donors (Lipinski definition) is 2. The molecule has 0 saturated carbocycles. The zero-order valence-corrected chi connectivity index (χ0v) is 15.9. The average Bonchev–Trinajstić information content (AvgIpc) is 3.35. The summed E-state index contributed by atoms with van der Waals surface area (Å²) in [6, 6.07) is 1.82. The lowest BCUT2D eigenvalue weighted by Gasteiger charge is -2.09. The van der Waals surface area contributed by atoms with Crippen molar-refractivity contribution in [2.45, 2.75) is 45.6 Å². The summed E-state index contributed by atoms with van der Waals surface area (Å²) in [6.07, 6.45) is 1.82. The van der Waals surface area contributed by atoms with Crippen LogP contribution in [0.15, 0.2) is 6.07 Å². The molecule has 1 atom stereocenters. The van der Waals surface area contributed by atoms with Gasteiger partial charge in [-0.2, -0.15) is 10.1 Å². The van der Waals surface area contributed by atoms with Crippen molar-refractivity contribution < 1.29 is 9.53 Å². The SMILES string of the molecule is Cc1nn(C)c2nc(C(C)C)cc(C(=O)Nc3n[nH]c([C@@H]4CCCO4)n3)c12. The van der Waals surface area contributed by atoms with Crippen molar-refractivity contribution in [3.63, 3.8) is 0 Å². The van der Waals surface area contributed by atoms with Gasteiger partial charge >= 0.3 is 0 Å². The van der Waals surface area contributed by atoms with Crippen molar-refractivity contribution in [1.82, 2.24) is 29.9 Å². The summed E-state index contributed by atoms with van der Waals surface area (Å²) < 4.78 is 7.30. The molecule has 3 aromatic heterocycles. The summed E-state index contributed by atoms with van der Waals surface area (Å²) in [6.45, 7) is 6.68. The van der Waals surface area contributed by atoms with E-state index in [2.05, 4.69) is 30.6 Å². The number of aryl methyl sites for hydroxylation is 2. The minimum absolute atomic E-state index is 0.0797. The molecule has 9 nitrogen and oxygen atoms in total. The molecule has 3 aromatic rings. The number of carbonyl (C=O) groups is 1. The normalized spacial score (nSPS) is 17.1. The van der Waals surface area contributed by atoms with Gasteiger partial charge in [0.15, 0.2) is 11.5 Å². The second-order valence-corrected chi connectivity index (χ2v) is 7.16. The molecule has 4 rings (SSSR count). The van der Waals surface area contributed by atoms with Gasteiger partial charge in [-0.05, 0) is 31.7 Å². The molecule has 0 unspecified atom stereocenters. The smallest absolute Gasteiger partial charge is 0.258 e. The molecule has 27 heavy (non-hydrogen) atoms. The number of aromatic nitrogens is 6. The molecule has 1 aliphatic heterocycles. The monoisotopic (exact) mass is 369 g/mol. The number of rotatable bonds is 4. The molecule has 142 valence electrons.